The van der Waals surface area contributed by atoms with E-state index in [-0.39, 0.29) is 0 Å². The van der Waals surface area contributed by atoms with Crippen LogP contribution in [0, 0.1) is 13.8 Å². The second kappa shape index (κ2) is 5.09. The van der Waals surface area contributed by atoms with Crippen LogP contribution in [0.25, 0.3) is 5.65 Å². The largest absolute Gasteiger partial charge is 0.348 e. The Hall–Kier alpha value is -2.43. The third-order valence-corrected chi connectivity index (χ3v) is 4.32. The first kappa shape index (κ1) is 13.2. The first-order valence-electron chi connectivity index (χ1n) is 7.72. The number of pyridine rings is 1. The second-order valence-corrected chi connectivity index (χ2v) is 5.93. The molecule has 1 aliphatic heterocycles. The molecular formula is C17H19N5. The van der Waals surface area contributed by atoms with Gasteiger partial charge in [0.1, 0.15) is 17.8 Å². The molecule has 22 heavy (non-hydrogen) atoms. The molecule has 0 bridgehead atoms. The van der Waals surface area contributed by atoms with Crippen LogP contribution in [0.5, 0.6) is 0 Å². The highest BCUT2D eigenvalue weighted by Crippen LogP contribution is 2.35. The summed E-state index contributed by atoms with van der Waals surface area (Å²) in [6, 6.07) is 8.76. The van der Waals surface area contributed by atoms with Gasteiger partial charge in [-0.1, -0.05) is 6.07 Å². The predicted octanol–water partition coefficient (Wildman–Crippen LogP) is 3.08. The number of rotatable bonds is 2. The van der Waals surface area contributed by atoms with E-state index in [0.29, 0.717) is 6.04 Å². The number of aromatic nitrogens is 4. The molecular weight excluding hydrogens is 274 g/mol. The fraction of sp³-hybridized carbons (Fsp3) is 0.353. The lowest BCUT2D eigenvalue weighted by atomic mass is 10.1. The quantitative estimate of drug-likeness (QED) is 0.728. The first-order chi connectivity index (χ1) is 10.7. The van der Waals surface area contributed by atoms with E-state index in [1.165, 1.54) is 12.1 Å². The number of nitrogens with zero attached hydrogens (tertiary/aromatic N) is 5. The summed E-state index contributed by atoms with van der Waals surface area (Å²) in [4.78, 5) is 15.6. The van der Waals surface area contributed by atoms with Gasteiger partial charge in [0.2, 0.25) is 0 Å². The Kier molecular flexibility index (Phi) is 3.06. The maximum atomic E-state index is 4.58. The summed E-state index contributed by atoms with van der Waals surface area (Å²) in [5.74, 6) is 1.02. The van der Waals surface area contributed by atoms with E-state index in [0.717, 1.165) is 35.8 Å². The third-order valence-electron chi connectivity index (χ3n) is 4.32. The summed E-state index contributed by atoms with van der Waals surface area (Å²) < 4.78 is 2.21. The average Bonchev–Trinajstić information content (AvgIpc) is 3.11. The van der Waals surface area contributed by atoms with Crippen LogP contribution in [-0.4, -0.2) is 25.9 Å². The van der Waals surface area contributed by atoms with Crippen LogP contribution in [0.3, 0.4) is 0 Å². The minimum Gasteiger partial charge on any atom is -0.348 e. The van der Waals surface area contributed by atoms with Crippen molar-refractivity contribution in [2.75, 3.05) is 11.4 Å². The Morgan fingerprint density at radius 2 is 2.05 bits per heavy atom. The van der Waals surface area contributed by atoms with Gasteiger partial charge in [0.25, 0.3) is 0 Å². The zero-order valence-corrected chi connectivity index (χ0v) is 12.9. The highest BCUT2D eigenvalue weighted by molar-refractivity contribution is 5.47. The van der Waals surface area contributed by atoms with Gasteiger partial charge in [0.15, 0.2) is 0 Å². The second-order valence-electron chi connectivity index (χ2n) is 5.93. The van der Waals surface area contributed by atoms with E-state index in [9.17, 15) is 0 Å². The molecule has 0 aromatic carbocycles. The Morgan fingerprint density at radius 3 is 2.91 bits per heavy atom. The molecule has 1 saturated heterocycles. The van der Waals surface area contributed by atoms with Crippen molar-refractivity contribution in [1.82, 2.24) is 19.4 Å². The number of hydrogen-bond donors (Lipinski definition) is 0. The topological polar surface area (TPSA) is 46.3 Å². The van der Waals surface area contributed by atoms with Gasteiger partial charge in [0, 0.05) is 30.2 Å². The molecule has 1 fully saturated rings. The van der Waals surface area contributed by atoms with E-state index in [1.54, 1.807) is 6.33 Å². The third kappa shape index (κ3) is 2.13. The molecule has 0 amide bonds. The van der Waals surface area contributed by atoms with Gasteiger partial charge >= 0.3 is 0 Å². The molecule has 0 radical (unpaired) electrons. The summed E-state index contributed by atoms with van der Waals surface area (Å²) >= 11 is 0. The normalized spacial score (nSPS) is 18.3. The fourth-order valence-electron chi connectivity index (χ4n) is 3.37. The zero-order chi connectivity index (χ0) is 15.1. The van der Waals surface area contributed by atoms with E-state index >= 15 is 0 Å². The van der Waals surface area contributed by atoms with Crippen LogP contribution < -0.4 is 4.90 Å². The van der Waals surface area contributed by atoms with Crippen LogP contribution in [-0.2, 0) is 0 Å². The van der Waals surface area contributed by atoms with Gasteiger partial charge < -0.3 is 9.30 Å². The summed E-state index contributed by atoms with van der Waals surface area (Å²) in [7, 11) is 0. The lowest BCUT2D eigenvalue weighted by Crippen LogP contribution is -2.25. The first-order valence-corrected chi connectivity index (χ1v) is 7.72. The van der Waals surface area contributed by atoms with Crippen LogP contribution in [0.1, 0.15) is 36.0 Å². The van der Waals surface area contributed by atoms with Gasteiger partial charge in [-0.3, -0.25) is 0 Å². The molecule has 5 heteroatoms. The predicted molar refractivity (Wildman–Crippen MR) is 86.0 cm³/mol. The molecule has 0 spiro atoms. The van der Waals surface area contributed by atoms with Crippen molar-refractivity contribution in [2.45, 2.75) is 32.7 Å². The van der Waals surface area contributed by atoms with Gasteiger partial charge in [-0.05, 0) is 38.8 Å². The molecule has 112 valence electrons. The molecule has 5 nitrogen and oxygen atoms in total. The summed E-state index contributed by atoms with van der Waals surface area (Å²) in [6.07, 6.45) is 6.09. The Balaban J connectivity index is 1.80. The molecule has 1 aliphatic rings. The Bertz CT molecular complexity index is 823. The van der Waals surface area contributed by atoms with Crippen LogP contribution in [0.4, 0.5) is 5.82 Å². The summed E-state index contributed by atoms with van der Waals surface area (Å²) in [5.41, 5.74) is 4.36. The zero-order valence-electron chi connectivity index (χ0n) is 12.9. The van der Waals surface area contributed by atoms with Crippen molar-refractivity contribution in [3.05, 3.63) is 53.9 Å². The highest BCUT2D eigenvalue weighted by Gasteiger charge is 2.29. The lowest BCUT2D eigenvalue weighted by molar-refractivity contribution is 0.676. The Labute approximate surface area is 129 Å². The maximum absolute atomic E-state index is 4.58. The number of imidazole rings is 1. The maximum Gasteiger partial charge on any atom is 0.137 e. The highest BCUT2D eigenvalue weighted by atomic mass is 15.2. The van der Waals surface area contributed by atoms with E-state index < -0.39 is 0 Å². The summed E-state index contributed by atoms with van der Waals surface area (Å²) in [5, 5.41) is 0. The monoisotopic (exact) mass is 293 g/mol. The molecule has 4 heterocycles. The molecule has 1 atom stereocenters. The van der Waals surface area contributed by atoms with Gasteiger partial charge in [0.05, 0.1) is 11.7 Å². The molecule has 4 rings (SSSR count). The van der Waals surface area contributed by atoms with Crippen molar-refractivity contribution in [2.24, 2.45) is 0 Å². The molecule has 0 N–H and O–H groups in total. The minimum absolute atomic E-state index is 0.339. The van der Waals surface area contributed by atoms with E-state index in [2.05, 4.69) is 54.7 Å². The minimum atomic E-state index is 0.339. The molecule has 3 aromatic heterocycles. The van der Waals surface area contributed by atoms with Gasteiger partial charge in [-0.15, -0.1) is 0 Å². The molecule has 1 unspecified atom stereocenters. The standard InChI is InChI=1S/C17H19N5/c1-12-9-17(19-11-18-12)21-8-4-6-14(21)15-5-3-7-16-20-13(2)10-22(15)16/h3,5,7,9-11,14H,4,6,8H2,1-2H3. The SMILES string of the molecule is Cc1cc(N2CCCC2c2cccc3nc(C)cn23)ncn1. The molecule has 0 saturated carbocycles. The number of aryl methyl sites for hydroxylation is 2. The van der Waals surface area contributed by atoms with Crippen LogP contribution >= 0.6 is 0 Å². The molecule has 0 aliphatic carbocycles. The summed E-state index contributed by atoms with van der Waals surface area (Å²) in [6.45, 7) is 5.08. The Morgan fingerprint density at radius 1 is 1.14 bits per heavy atom. The smallest absolute Gasteiger partial charge is 0.137 e. The average molecular weight is 293 g/mol. The van der Waals surface area contributed by atoms with Crippen molar-refractivity contribution in [3.8, 4) is 0 Å². The fourth-order valence-corrected chi connectivity index (χ4v) is 3.37. The molecule has 3 aromatic rings. The lowest BCUT2D eigenvalue weighted by Gasteiger charge is -2.26. The van der Waals surface area contributed by atoms with Gasteiger partial charge in [-0.25, -0.2) is 15.0 Å². The number of hydrogen-bond acceptors (Lipinski definition) is 4. The van der Waals surface area contributed by atoms with Crippen LogP contribution in [0.15, 0.2) is 36.8 Å². The van der Waals surface area contributed by atoms with E-state index in [1.807, 2.05) is 13.8 Å². The van der Waals surface area contributed by atoms with Gasteiger partial charge in [-0.2, -0.15) is 0 Å². The number of fused-ring (bicyclic) bond motifs is 1. The van der Waals surface area contributed by atoms with Crippen molar-refractivity contribution < 1.29 is 0 Å². The van der Waals surface area contributed by atoms with Crippen LogP contribution in [0.2, 0.25) is 0 Å². The van der Waals surface area contributed by atoms with Crippen molar-refractivity contribution >= 4 is 11.5 Å². The number of anilines is 1. The van der Waals surface area contributed by atoms with Crippen molar-refractivity contribution in [1.29, 1.82) is 0 Å². The van der Waals surface area contributed by atoms with E-state index in [4.69, 9.17) is 0 Å². The van der Waals surface area contributed by atoms with Crippen molar-refractivity contribution in [3.63, 3.8) is 0 Å².